The molecule has 0 saturated carbocycles. The van der Waals surface area contributed by atoms with Gasteiger partial charge < -0.3 is 0 Å². The molecular formula is C10H8N3S+. The first kappa shape index (κ1) is 7.70. The minimum absolute atomic E-state index is 0.0622. The van der Waals surface area contributed by atoms with Crippen molar-refractivity contribution in [1.29, 1.82) is 0 Å². The van der Waals surface area contributed by atoms with E-state index in [1.807, 2.05) is 36.0 Å². The number of hydrogen-bond donors (Lipinski definition) is 1. The molecule has 68 valence electrons. The van der Waals surface area contributed by atoms with Gasteiger partial charge >= 0.3 is 5.16 Å². The van der Waals surface area contributed by atoms with Crippen molar-refractivity contribution in [3.63, 3.8) is 0 Å². The zero-order valence-corrected chi connectivity index (χ0v) is 8.16. The van der Waals surface area contributed by atoms with E-state index >= 15 is 0 Å². The summed E-state index contributed by atoms with van der Waals surface area (Å²) < 4.78 is 0. The summed E-state index contributed by atoms with van der Waals surface area (Å²) >= 11 is 0. The van der Waals surface area contributed by atoms with E-state index in [0.717, 1.165) is 16.2 Å². The number of nitrogens with zero attached hydrogens (tertiary/aromatic N) is 2. The first-order valence-corrected chi connectivity index (χ1v) is 5.65. The Hall–Kier alpha value is -1.68. The Morgan fingerprint density at radius 3 is 2.93 bits per heavy atom. The standard InChI is InChI=1S/C10H8N3S/c1-2-4-9-8(3-1)12-10(13-9)14-6-5-11-7-14/h1-7H,(H,12,13)/q+1. The summed E-state index contributed by atoms with van der Waals surface area (Å²) in [6.45, 7) is 0. The molecule has 3 nitrogen and oxygen atoms in total. The van der Waals surface area contributed by atoms with Crippen LogP contribution in [0.1, 0.15) is 0 Å². The summed E-state index contributed by atoms with van der Waals surface area (Å²) in [6, 6.07) is 8.04. The zero-order chi connectivity index (χ0) is 9.38. The molecule has 3 rings (SSSR count). The van der Waals surface area contributed by atoms with Gasteiger partial charge in [-0.25, -0.2) is 4.98 Å². The number of fused-ring (bicyclic) bond motifs is 1. The van der Waals surface area contributed by atoms with Crippen molar-refractivity contribution < 1.29 is 0 Å². The molecular weight excluding hydrogens is 194 g/mol. The van der Waals surface area contributed by atoms with Crippen LogP contribution in [0.4, 0.5) is 0 Å². The molecule has 0 radical (unpaired) electrons. The van der Waals surface area contributed by atoms with Crippen molar-refractivity contribution in [3.05, 3.63) is 41.4 Å². The van der Waals surface area contributed by atoms with Gasteiger partial charge in [-0.2, -0.15) is 4.98 Å². The molecule has 0 saturated heterocycles. The van der Waals surface area contributed by atoms with Crippen LogP contribution in [0.3, 0.4) is 0 Å². The zero-order valence-electron chi connectivity index (χ0n) is 7.34. The van der Waals surface area contributed by atoms with Gasteiger partial charge in [0.1, 0.15) is 0 Å². The van der Waals surface area contributed by atoms with Crippen LogP contribution >= 0.6 is 10.5 Å². The maximum absolute atomic E-state index is 4.51. The molecule has 3 aromatic rings. The Balaban J connectivity index is 2.24. The van der Waals surface area contributed by atoms with Gasteiger partial charge in [-0.1, -0.05) is 12.1 Å². The Morgan fingerprint density at radius 2 is 2.14 bits per heavy atom. The molecule has 0 aliphatic rings. The highest BCUT2D eigenvalue weighted by Gasteiger charge is 2.13. The second kappa shape index (κ2) is 2.92. The van der Waals surface area contributed by atoms with E-state index in [1.165, 1.54) is 0 Å². The number of aromatic nitrogens is 3. The summed E-state index contributed by atoms with van der Waals surface area (Å²) in [5, 5.41) is 3.04. The topological polar surface area (TPSA) is 41.6 Å². The van der Waals surface area contributed by atoms with Crippen molar-refractivity contribution in [3.8, 4) is 5.16 Å². The minimum atomic E-state index is -0.0622. The molecule has 0 bridgehead atoms. The first-order chi connectivity index (χ1) is 6.93. The maximum atomic E-state index is 4.51. The number of para-hydroxylation sites is 2. The summed E-state index contributed by atoms with van der Waals surface area (Å²) in [5.41, 5.74) is 4.02. The van der Waals surface area contributed by atoms with Gasteiger partial charge in [-0.3, -0.25) is 4.98 Å². The van der Waals surface area contributed by atoms with E-state index in [4.69, 9.17) is 0 Å². The number of rotatable bonds is 1. The van der Waals surface area contributed by atoms with E-state index in [0.29, 0.717) is 0 Å². The lowest BCUT2D eigenvalue weighted by molar-refractivity contribution is 1.41. The largest absolute Gasteiger partial charge is 0.351 e. The Labute approximate surface area is 83.4 Å². The molecule has 1 atom stereocenters. The number of thiazole rings is 1. The number of nitrogens with one attached hydrogen (secondary N) is 1. The van der Waals surface area contributed by atoms with Crippen molar-refractivity contribution in [2.45, 2.75) is 0 Å². The van der Waals surface area contributed by atoms with Crippen LogP contribution in [0, 0.1) is 0 Å². The summed E-state index contributed by atoms with van der Waals surface area (Å²) in [4.78, 5) is 11.9. The third-order valence-corrected chi connectivity index (χ3v) is 3.46. The highest BCUT2D eigenvalue weighted by molar-refractivity contribution is 7.36. The molecule has 0 spiro atoms. The van der Waals surface area contributed by atoms with Gasteiger partial charge in [0, 0.05) is 0 Å². The maximum Gasteiger partial charge on any atom is 0.351 e. The number of benzene rings is 1. The van der Waals surface area contributed by atoms with Crippen LogP contribution in [0.2, 0.25) is 0 Å². The molecule has 0 aliphatic carbocycles. The predicted molar refractivity (Wildman–Crippen MR) is 57.7 cm³/mol. The monoisotopic (exact) mass is 202 g/mol. The van der Waals surface area contributed by atoms with Crippen LogP contribution in [-0.4, -0.2) is 15.0 Å². The lowest BCUT2D eigenvalue weighted by atomic mass is 10.3. The fourth-order valence-electron chi connectivity index (χ4n) is 1.39. The first-order valence-electron chi connectivity index (χ1n) is 4.30. The molecule has 0 amide bonds. The average molecular weight is 202 g/mol. The molecule has 1 unspecified atom stereocenters. The number of hydrogen-bond acceptors (Lipinski definition) is 2. The van der Waals surface area contributed by atoms with Crippen molar-refractivity contribution >= 4 is 21.5 Å². The number of aromatic amines is 1. The van der Waals surface area contributed by atoms with Gasteiger partial charge in [0.15, 0.2) is 5.38 Å². The second-order valence-corrected chi connectivity index (χ2v) is 4.58. The molecule has 1 N–H and O–H groups in total. The lowest BCUT2D eigenvalue weighted by Gasteiger charge is -1.80. The second-order valence-electron chi connectivity index (χ2n) is 2.97. The summed E-state index contributed by atoms with van der Waals surface area (Å²) in [6.07, 6.45) is 1.82. The third-order valence-electron chi connectivity index (χ3n) is 2.06. The van der Waals surface area contributed by atoms with Gasteiger partial charge in [0.25, 0.3) is 0 Å². The van der Waals surface area contributed by atoms with Crippen LogP contribution in [-0.2, 0) is 0 Å². The van der Waals surface area contributed by atoms with E-state index < -0.39 is 0 Å². The van der Waals surface area contributed by atoms with Gasteiger partial charge in [-0.15, -0.1) is 0 Å². The van der Waals surface area contributed by atoms with E-state index in [2.05, 4.69) is 20.3 Å². The summed E-state index contributed by atoms with van der Waals surface area (Å²) in [7, 11) is -0.0622. The number of H-pyrrole nitrogens is 1. The minimum Gasteiger partial charge on any atom is -0.293 e. The molecule has 1 aromatic carbocycles. The molecule has 4 heteroatoms. The van der Waals surface area contributed by atoms with E-state index in [9.17, 15) is 0 Å². The number of imidazole rings is 1. The lowest BCUT2D eigenvalue weighted by Crippen LogP contribution is -1.67. The molecule has 2 aromatic heterocycles. The molecule has 0 aliphatic heterocycles. The Kier molecular flexibility index (Phi) is 1.61. The van der Waals surface area contributed by atoms with E-state index in [1.54, 1.807) is 0 Å². The molecule has 14 heavy (non-hydrogen) atoms. The quantitative estimate of drug-likeness (QED) is 0.616. The van der Waals surface area contributed by atoms with Crippen LogP contribution in [0.15, 0.2) is 41.4 Å². The van der Waals surface area contributed by atoms with Gasteiger partial charge in [0.05, 0.1) is 27.7 Å². The summed E-state index contributed by atoms with van der Waals surface area (Å²) in [5.74, 6) is 0. The van der Waals surface area contributed by atoms with E-state index in [-0.39, 0.29) is 10.5 Å². The highest BCUT2D eigenvalue weighted by atomic mass is 32.2. The van der Waals surface area contributed by atoms with Crippen molar-refractivity contribution in [2.75, 3.05) is 0 Å². The van der Waals surface area contributed by atoms with Crippen LogP contribution < -0.4 is 0 Å². The van der Waals surface area contributed by atoms with Crippen molar-refractivity contribution in [1.82, 2.24) is 15.0 Å². The SMILES string of the molecule is c1ccc2[nH]c(-[s+]3ccnc3)nc2c1. The van der Waals surface area contributed by atoms with Crippen LogP contribution in [0.5, 0.6) is 0 Å². The third kappa shape index (κ3) is 1.12. The van der Waals surface area contributed by atoms with Gasteiger partial charge in [0.2, 0.25) is 5.51 Å². The molecule has 0 fully saturated rings. The molecule has 2 heterocycles. The van der Waals surface area contributed by atoms with Crippen LogP contribution in [0.25, 0.3) is 16.2 Å². The Bertz CT molecular complexity index is 521. The Morgan fingerprint density at radius 1 is 1.21 bits per heavy atom. The normalized spacial score (nSPS) is 12.1. The van der Waals surface area contributed by atoms with Crippen molar-refractivity contribution in [2.24, 2.45) is 0 Å². The highest BCUT2D eigenvalue weighted by Crippen LogP contribution is 2.27. The fraction of sp³-hybridized carbons (Fsp3) is 0. The fourth-order valence-corrected chi connectivity index (χ4v) is 2.53. The predicted octanol–water partition coefficient (Wildman–Crippen LogP) is 2.70. The average Bonchev–Trinajstić information content (AvgIpc) is 2.86. The van der Waals surface area contributed by atoms with Gasteiger partial charge in [-0.05, 0) is 12.1 Å². The smallest absolute Gasteiger partial charge is 0.293 e.